The fraction of sp³-hybridized carbons (Fsp3) is 0.357. The van der Waals surface area contributed by atoms with Crippen molar-refractivity contribution < 1.29 is 0 Å². The average molecular weight is 244 g/mol. The number of nitrogens with zero attached hydrogens (tertiary/aromatic N) is 3. The molecule has 0 aliphatic heterocycles. The number of aromatic nitrogens is 2. The predicted molar refractivity (Wildman–Crippen MR) is 76.7 cm³/mol. The molecule has 0 saturated carbocycles. The van der Waals surface area contributed by atoms with Crippen LogP contribution in [0.2, 0.25) is 0 Å². The minimum atomic E-state index is 0.898. The lowest BCUT2D eigenvalue weighted by Crippen LogP contribution is -2.09. The third kappa shape index (κ3) is 2.64. The van der Waals surface area contributed by atoms with Crippen molar-refractivity contribution in [1.29, 1.82) is 0 Å². The Balaban J connectivity index is 2.23. The Hall–Kier alpha value is -1.97. The number of nitrogens with one attached hydrogen (secondary N) is 1. The van der Waals surface area contributed by atoms with Crippen molar-refractivity contribution in [1.82, 2.24) is 9.55 Å². The van der Waals surface area contributed by atoms with Gasteiger partial charge in [0, 0.05) is 44.4 Å². The van der Waals surface area contributed by atoms with Crippen molar-refractivity contribution in [3.63, 3.8) is 0 Å². The van der Waals surface area contributed by atoms with Crippen LogP contribution in [-0.4, -0.2) is 30.2 Å². The predicted octanol–water partition coefficient (Wildman–Crippen LogP) is 2.76. The molecule has 1 aromatic carbocycles. The fourth-order valence-corrected chi connectivity index (χ4v) is 1.79. The minimum Gasteiger partial charge on any atom is -0.378 e. The number of benzene rings is 1. The molecule has 0 atom stereocenters. The molecule has 0 aliphatic carbocycles. The maximum absolute atomic E-state index is 4.33. The summed E-state index contributed by atoms with van der Waals surface area (Å²) >= 11 is 0. The molecule has 1 N–H and O–H groups in total. The first-order chi connectivity index (χ1) is 8.72. The second kappa shape index (κ2) is 5.58. The van der Waals surface area contributed by atoms with Gasteiger partial charge in [-0.3, -0.25) is 4.57 Å². The largest absolute Gasteiger partial charge is 0.378 e. The van der Waals surface area contributed by atoms with Gasteiger partial charge in [-0.2, -0.15) is 0 Å². The first-order valence-corrected chi connectivity index (χ1v) is 6.27. The molecule has 0 radical (unpaired) electrons. The van der Waals surface area contributed by atoms with Crippen molar-refractivity contribution in [3.05, 3.63) is 36.7 Å². The van der Waals surface area contributed by atoms with Crippen LogP contribution >= 0.6 is 0 Å². The van der Waals surface area contributed by atoms with Gasteiger partial charge in [-0.1, -0.05) is 6.92 Å². The number of hydrogen-bond donors (Lipinski definition) is 1. The molecule has 0 spiro atoms. The van der Waals surface area contributed by atoms with E-state index in [4.69, 9.17) is 0 Å². The van der Waals surface area contributed by atoms with E-state index in [9.17, 15) is 0 Å². The fourth-order valence-electron chi connectivity index (χ4n) is 1.79. The molecular weight excluding hydrogens is 224 g/mol. The Morgan fingerprint density at radius 3 is 2.56 bits per heavy atom. The van der Waals surface area contributed by atoms with Gasteiger partial charge in [0.2, 0.25) is 5.95 Å². The quantitative estimate of drug-likeness (QED) is 0.878. The zero-order valence-corrected chi connectivity index (χ0v) is 11.2. The highest BCUT2D eigenvalue weighted by Gasteiger charge is 2.04. The van der Waals surface area contributed by atoms with Gasteiger partial charge in [0.1, 0.15) is 0 Å². The lowest BCUT2D eigenvalue weighted by atomic mass is 10.2. The first kappa shape index (κ1) is 12.5. The number of hydrogen-bond acceptors (Lipinski definition) is 3. The molecule has 0 bridgehead atoms. The highest BCUT2D eigenvalue weighted by Crippen LogP contribution is 2.18. The SMILES string of the molecule is CCCNc1nccn1-c1ccc(N(C)C)cc1. The lowest BCUT2D eigenvalue weighted by Gasteiger charge is -2.14. The summed E-state index contributed by atoms with van der Waals surface area (Å²) in [6.07, 6.45) is 4.88. The van der Waals surface area contributed by atoms with Gasteiger partial charge in [-0.25, -0.2) is 4.98 Å². The van der Waals surface area contributed by atoms with E-state index in [-0.39, 0.29) is 0 Å². The van der Waals surface area contributed by atoms with E-state index in [1.54, 1.807) is 0 Å². The van der Waals surface area contributed by atoms with Crippen LogP contribution in [0.1, 0.15) is 13.3 Å². The third-order valence-electron chi connectivity index (χ3n) is 2.82. The zero-order valence-electron chi connectivity index (χ0n) is 11.2. The average Bonchev–Trinajstić information content (AvgIpc) is 2.84. The van der Waals surface area contributed by atoms with Crippen LogP contribution in [0.5, 0.6) is 0 Å². The first-order valence-electron chi connectivity index (χ1n) is 6.27. The van der Waals surface area contributed by atoms with Crippen molar-refractivity contribution in [2.75, 3.05) is 30.9 Å². The van der Waals surface area contributed by atoms with E-state index in [0.29, 0.717) is 0 Å². The molecular formula is C14H20N4. The van der Waals surface area contributed by atoms with E-state index in [1.807, 2.05) is 26.5 Å². The number of anilines is 2. The molecule has 2 aromatic rings. The van der Waals surface area contributed by atoms with Gasteiger partial charge in [0.15, 0.2) is 0 Å². The summed E-state index contributed by atoms with van der Waals surface area (Å²) < 4.78 is 2.06. The van der Waals surface area contributed by atoms with E-state index in [0.717, 1.165) is 24.6 Å². The van der Waals surface area contributed by atoms with Gasteiger partial charge in [0.05, 0.1) is 0 Å². The molecule has 1 aromatic heterocycles. The van der Waals surface area contributed by atoms with E-state index in [2.05, 4.69) is 51.0 Å². The molecule has 1 heterocycles. The van der Waals surface area contributed by atoms with Gasteiger partial charge >= 0.3 is 0 Å². The molecule has 0 fully saturated rings. The van der Waals surface area contributed by atoms with E-state index >= 15 is 0 Å². The normalized spacial score (nSPS) is 10.4. The van der Waals surface area contributed by atoms with Crippen LogP contribution in [-0.2, 0) is 0 Å². The molecule has 0 aliphatic rings. The second-order valence-corrected chi connectivity index (χ2v) is 4.46. The summed E-state index contributed by atoms with van der Waals surface area (Å²) in [7, 11) is 4.08. The molecule has 96 valence electrons. The van der Waals surface area contributed by atoms with Gasteiger partial charge in [0.25, 0.3) is 0 Å². The summed E-state index contributed by atoms with van der Waals surface area (Å²) in [6.45, 7) is 3.08. The highest BCUT2D eigenvalue weighted by molar-refractivity contribution is 5.51. The molecule has 4 nitrogen and oxygen atoms in total. The topological polar surface area (TPSA) is 33.1 Å². The van der Waals surface area contributed by atoms with Gasteiger partial charge in [-0.15, -0.1) is 0 Å². The Labute approximate surface area is 108 Å². The maximum Gasteiger partial charge on any atom is 0.207 e. The molecule has 0 amide bonds. The minimum absolute atomic E-state index is 0.898. The summed E-state index contributed by atoms with van der Waals surface area (Å²) in [5.41, 5.74) is 2.32. The second-order valence-electron chi connectivity index (χ2n) is 4.46. The van der Waals surface area contributed by atoms with Crippen LogP contribution in [0.3, 0.4) is 0 Å². The summed E-state index contributed by atoms with van der Waals surface area (Å²) in [6, 6.07) is 8.43. The van der Waals surface area contributed by atoms with Crippen molar-refractivity contribution in [2.45, 2.75) is 13.3 Å². The highest BCUT2D eigenvalue weighted by atomic mass is 15.2. The van der Waals surface area contributed by atoms with Crippen LogP contribution < -0.4 is 10.2 Å². The van der Waals surface area contributed by atoms with Gasteiger partial charge < -0.3 is 10.2 Å². The van der Waals surface area contributed by atoms with Crippen molar-refractivity contribution in [2.24, 2.45) is 0 Å². The molecule has 4 heteroatoms. The Bertz CT molecular complexity index is 485. The van der Waals surface area contributed by atoms with Crippen molar-refractivity contribution in [3.8, 4) is 5.69 Å². The Kier molecular flexibility index (Phi) is 3.87. The smallest absolute Gasteiger partial charge is 0.207 e. The Morgan fingerprint density at radius 2 is 1.94 bits per heavy atom. The lowest BCUT2D eigenvalue weighted by molar-refractivity contribution is 0.937. The van der Waals surface area contributed by atoms with Gasteiger partial charge in [-0.05, 0) is 30.7 Å². The van der Waals surface area contributed by atoms with Crippen LogP contribution in [0, 0.1) is 0 Å². The molecule has 2 rings (SSSR count). The van der Waals surface area contributed by atoms with Crippen LogP contribution in [0.25, 0.3) is 5.69 Å². The third-order valence-corrected chi connectivity index (χ3v) is 2.82. The van der Waals surface area contributed by atoms with Crippen LogP contribution in [0.4, 0.5) is 11.6 Å². The molecule has 18 heavy (non-hydrogen) atoms. The monoisotopic (exact) mass is 244 g/mol. The van der Waals surface area contributed by atoms with Crippen LogP contribution in [0.15, 0.2) is 36.7 Å². The number of rotatable bonds is 5. The molecule has 0 unspecified atom stereocenters. The standard InChI is InChI=1S/C14H20N4/c1-4-9-15-14-16-10-11-18(14)13-7-5-12(6-8-13)17(2)3/h5-8,10-11H,4,9H2,1-3H3,(H,15,16). The van der Waals surface area contributed by atoms with E-state index < -0.39 is 0 Å². The van der Waals surface area contributed by atoms with E-state index in [1.165, 1.54) is 5.69 Å². The Morgan fingerprint density at radius 1 is 1.22 bits per heavy atom. The maximum atomic E-state index is 4.33. The summed E-state index contributed by atoms with van der Waals surface area (Å²) in [5, 5.41) is 3.32. The van der Waals surface area contributed by atoms with Crippen molar-refractivity contribution >= 4 is 11.6 Å². The zero-order chi connectivity index (χ0) is 13.0. The molecule has 0 saturated heterocycles. The summed E-state index contributed by atoms with van der Waals surface area (Å²) in [4.78, 5) is 6.42. The number of imidazole rings is 1. The summed E-state index contributed by atoms with van der Waals surface area (Å²) in [5.74, 6) is 0.898.